The van der Waals surface area contributed by atoms with Crippen molar-refractivity contribution in [2.75, 3.05) is 80.3 Å². The molecule has 0 unspecified atom stereocenters. The van der Waals surface area contributed by atoms with Crippen molar-refractivity contribution in [2.24, 2.45) is 0 Å². The van der Waals surface area contributed by atoms with Gasteiger partial charge in [-0.05, 0) is 19.3 Å². The van der Waals surface area contributed by atoms with Gasteiger partial charge in [0, 0.05) is 58.6 Å². The number of aromatic nitrogens is 1. The average Bonchev–Trinajstić information content (AvgIpc) is 3.09. The molecule has 0 amide bonds. The molecule has 3 saturated heterocycles. The maximum absolute atomic E-state index is 5.58. The molecule has 0 atom stereocenters. The number of hydrogen-bond donors (Lipinski definition) is 2. The summed E-state index contributed by atoms with van der Waals surface area (Å²) >= 11 is 0. The second-order valence-corrected chi connectivity index (χ2v) is 6.76. The van der Waals surface area contributed by atoms with Gasteiger partial charge in [0.05, 0.1) is 18.9 Å². The van der Waals surface area contributed by atoms with Crippen molar-refractivity contribution >= 4 is 17.2 Å². The van der Waals surface area contributed by atoms with Gasteiger partial charge in [-0.2, -0.15) is 0 Å². The first kappa shape index (κ1) is 15.1. The smallest absolute Gasteiger partial charge is 0.132 e. The molecule has 23 heavy (non-hydrogen) atoms. The van der Waals surface area contributed by atoms with Gasteiger partial charge in [-0.25, -0.2) is 0 Å². The largest absolute Gasteiger partial charge is 0.378 e. The summed E-state index contributed by atoms with van der Waals surface area (Å²) in [5.74, 6) is 1.31. The molecule has 0 spiro atoms. The number of morpholine rings is 1. The molecule has 0 radical (unpaired) electrons. The SMILES string of the molecule is c1[nH]c(N2CCNCC2)c(N2CCOCC2)c1N1CCCCC1. The normalized spacial score (nSPS) is 23.4. The van der Waals surface area contributed by atoms with E-state index in [-0.39, 0.29) is 0 Å². The third-order valence-electron chi connectivity index (χ3n) is 5.27. The third-order valence-corrected chi connectivity index (χ3v) is 5.27. The van der Waals surface area contributed by atoms with E-state index in [0.29, 0.717) is 0 Å². The highest BCUT2D eigenvalue weighted by Gasteiger charge is 2.27. The van der Waals surface area contributed by atoms with Crippen LogP contribution in [0.4, 0.5) is 17.2 Å². The van der Waals surface area contributed by atoms with Crippen molar-refractivity contribution < 1.29 is 4.74 Å². The Morgan fingerprint density at radius 2 is 1.52 bits per heavy atom. The van der Waals surface area contributed by atoms with Crippen LogP contribution in [-0.4, -0.2) is 70.6 Å². The highest BCUT2D eigenvalue weighted by atomic mass is 16.5. The van der Waals surface area contributed by atoms with Gasteiger partial charge in [0.15, 0.2) is 0 Å². The van der Waals surface area contributed by atoms with E-state index in [4.69, 9.17) is 4.74 Å². The fourth-order valence-corrected chi connectivity index (χ4v) is 4.00. The van der Waals surface area contributed by atoms with Crippen LogP contribution in [0.2, 0.25) is 0 Å². The Balaban J connectivity index is 1.65. The molecule has 1 aromatic heterocycles. The molecule has 0 aromatic carbocycles. The number of nitrogens with one attached hydrogen (secondary N) is 2. The van der Waals surface area contributed by atoms with E-state index in [1.165, 1.54) is 49.5 Å². The van der Waals surface area contributed by atoms with Crippen molar-refractivity contribution in [3.8, 4) is 0 Å². The molecule has 128 valence electrons. The summed E-state index contributed by atoms with van der Waals surface area (Å²) in [5, 5.41) is 3.45. The Hall–Kier alpha value is -1.40. The van der Waals surface area contributed by atoms with Gasteiger partial charge >= 0.3 is 0 Å². The van der Waals surface area contributed by atoms with Crippen LogP contribution in [-0.2, 0) is 4.74 Å². The van der Waals surface area contributed by atoms with E-state index in [0.717, 1.165) is 52.5 Å². The molecular formula is C17H29N5O. The molecule has 0 saturated carbocycles. The van der Waals surface area contributed by atoms with Gasteiger partial charge in [-0.1, -0.05) is 0 Å². The number of H-pyrrole nitrogens is 1. The fraction of sp³-hybridized carbons (Fsp3) is 0.765. The van der Waals surface area contributed by atoms with Crippen LogP contribution >= 0.6 is 0 Å². The summed E-state index contributed by atoms with van der Waals surface area (Å²) in [6, 6.07) is 0. The molecule has 3 fully saturated rings. The molecule has 6 nitrogen and oxygen atoms in total. The molecule has 3 aliphatic rings. The van der Waals surface area contributed by atoms with E-state index >= 15 is 0 Å². The van der Waals surface area contributed by atoms with Gasteiger partial charge in [0.1, 0.15) is 11.5 Å². The lowest BCUT2D eigenvalue weighted by Gasteiger charge is -2.37. The van der Waals surface area contributed by atoms with E-state index in [9.17, 15) is 0 Å². The lowest BCUT2D eigenvalue weighted by Crippen LogP contribution is -2.45. The van der Waals surface area contributed by atoms with E-state index in [1.807, 2.05) is 0 Å². The first-order valence-electron chi connectivity index (χ1n) is 9.18. The zero-order chi connectivity index (χ0) is 15.5. The Morgan fingerprint density at radius 1 is 0.783 bits per heavy atom. The Labute approximate surface area is 138 Å². The number of piperidine rings is 1. The predicted molar refractivity (Wildman–Crippen MR) is 95.0 cm³/mol. The highest BCUT2D eigenvalue weighted by molar-refractivity contribution is 5.84. The Bertz CT molecular complexity index is 464. The maximum Gasteiger partial charge on any atom is 0.132 e. The molecule has 1 aromatic rings. The molecule has 0 aliphatic carbocycles. The maximum atomic E-state index is 5.58. The first-order valence-corrected chi connectivity index (χ1v) is 9.18. The number of nitrogens with zero attached hydrogens (tertiary/aromatic N) is 3. The quantitative estimate of drug-likeness (QED) is 0.878. The molecule has 2 N–H and O–H groups in total. The lowest BCUT2D eigenvalue weighted by molar-refractivity contribution is 0.123. The average molecular weight is 319 g/mol. The summed E-state index contributed by atoms with van der Waals surface area (Å²) < 4.78 is 5.58. The second-order valence-electron chi connectivity index (χ2n) is 6.76. The first-order chi connectivity index (χ1) is 11.4. The summed E-state index contributed by atoms with van der Waals surface area (Å²) in [6.07, 6.45) is 6.25. The van der Waals surface area contributed by atoms with Gasteiger partial charge < -0.3 is 29.7 Å². The van der Waals surface area contributed by atoms with E-state index in [1.54, 1.807) is 0 Å². The van der Waals surface area contributed by atoms with Crippen LogP contribution in [0.15, 0.2) is 6.20 Å². The Morgan fingerprint density at radius 3 is 2.26 bits per heavy atom. The minimum Gasteiger partial charge on any atom is -0.378 e. The predicted octanol–water partition coefficient (Wildman–Crippen LogP) is 1.25. The molecule has 3 aliphatic heterocycles. The van der Waals surface area contributed by atoms with Crippen LogP contribution in [0.25, 0.3) is 0 Å². The standard InChI is InChI=1S/C17H29N5O/c1-2-6-20(7-3-1)15-14-19-17(22-8-4-18-5-9-22)16(15)21-10-12-23-13-11-21/h14,18-19H,1-13H2. The van der Waals surface area contributed by atoms with Crippen LogP contribution < -0.4 is 20.0 Å². The summed E-state index contributed by atoms with van der Waals surface area (Å²) in [6.45, 7) is 10.4. The highest BCUT2D eigenvalue weighted by Crippen LogP contribution is 2.40. The zero-order valence-electron chi connectivity index (χ0n) is 14.0. The van der Waals surface area contributed by atoms with Gasteiger partial charge in [-0.15, -0.1) is 0 Å². The van der Waals surface area contributed by atoms with Gasteiger partial charge in [-0.3, -0.25) is 0 Å². The van der Waals surface area contributed by atoms with Crippen molar-refractivity contribution in [1.82, 2.24) is 10.3 Å². The van der Waals surface area contributed by atoms with Gasteiger partial charge in [0.25, 0.3) is 0 Å². The molecule has 0 bridgehead atoms. The van der Waals surface area contributed by atoms with Crippen molar-refractivity contribution in [3.05, 3.63) is 6.20 Å². The summed E-state index contributed by atoms with van der Waals surface area (Å²) in [4.78, 5) is 11.2. The minimum absolute atomic E-state index is 0.839. The number of rotatable bonds is 3. The van der Waals surface area contributed by atoms with Crippen LogP contribution in [0.5, 0.6) is 0 Å². The third kappa shape index (κ3) is 3.15. The number of ether oxygens (including phenoxy) is 1. The summed E-state index contributed by atoms with van der Waals surface area (Å²) in [5.41, 5.74) is 2.82. The Kier molecular flexibility index (Phi) is 4.62. The van der Waals surface area contributed by atoms with Crippen molar-refractivity contribution in [2.45, 2.75) is 19.3 Å². The van der Waals surface area contributed by atoms with Gasteiger partial charge in [0.2, 0.25) is 0 Å². The molecule has 4 heterocycles. The summed E-state index contributed by atoms with van der Waals surface area (Å²) in [7, 11) is 0. The number of hydrogen-bond acceptors (Lipinski definition) is 5. The molecule has 6 heteroatoms. The molecule has 4 rings (SSSR count). The van der Waals surface area contributed by atoms with Crippen molar-refractivity contribution in [3.63, 3.8) is 0 Å². The van der Waals surface area contributed by atoms with Crippen LogP contribution in [0, 0.1) is 0 Å². The van der Waals surface area contributed by atoms with Crippen LogP contribution in [0.1, 0.15) is 19.3 Å². The zero-order valence-corrected chi connectivity index (χ0v) is 14.0. The minimum atomic E-state index is 0.839. The lowest BCUT2D eigenvalue weighted by atomic mass is 10.1. The van der Waals surface area contributed by atoms with E-state index < -0.39 is 0 Å². The number of anilines is 3. The number of piperazine rings is 1. The van der Waals surface area contributed by atoms with Crippen molar-refractivity contribution in [1.29, 1.82) is 0 Å². The molecular weight excluding hydrogens is 290 g/mol. The topological polar surface area (TPSA) is 46.8 Å². The van der Waals surface area contributed by atoms with E-state index in [2.05, 4.69) is 31.2 Å². The fourth-order valence-electron chi connectivity index (χ4n) is 4.00. The number of aromatic amines is 1. The van der Waals surface area contributed by atoms with Crippen LogP contribution in [0.3, 0.4) is 0 Å². The monoisotopic (exact) mass is 319 g/mol. The second kappa shape index (κ2) is 7.01.